The van der Waals surface area contributed by atoms with Crippen molar-refractivity contribution < 1.29 is 14.3 Å². The number of fused-ring (bicyclic) bond motifs is 2. The molecule has 0 fully saturated rings. The van der Waals surface area contributed by atoms with Crippen molar-refractivity contribution in [3.8, 4) is 11.5 Å². The zero-order chi connectivity index (χ0) is 23.7. The van der Waals surface area contributed by atoms with Crippen molar-refractivity contribution in [3.05, 3.63) is 76.3 Å². The van der Waals surface area contributed by atoms with Crippen molar-refractivity contribution >= 4 is 38.8 Å². The van der Waals surface area contributed by atoms with E-state index in [4.69, 9.17) is 20.2 Å². The standard InChI is InChI=1S/C26H26N4O3S/c1-32-18-8-9-22(33-2)21(13-18)28-25(31)24-23(27)19-12-17-15-30(14-16-6-4-3-5-7-16)11-10-20(17)29-26(19)34-24/h3-9,12-13H,10-11,14-15,27H2,1-2H3,(H,28,31). The molecule has 174 valence electrons. The van der Waals surface area contributed by atoms with Gasteiger partial charge in [-0.25, -0.2) is 4.98 Å². The number of hydrogen-bond donors (Lipinski definition) is 2. The maximum atomic E-state index is 13.1. The number of benzene rings is 2. The van der Waals surface area contributed by atoms with Crippen LogP contribution in [0.3, 0.4) is 0 Å². The summed E-state index contributed by atoms with van der Waals surface area (Å²) in [4.78, 5) is 21.7. The minimum atomic E-state index is -0.296. The molecule has 7 nitrogen and oxygen atoms in total. The first-order valence-electron chi connectivity index (χ1n) is 11.1. The van der Waals surface area contributed by atoms with E-state index in [0.717, 1.165) is 42.0 Å². The Morgan fingerprint density at radius 1 is 1.15 bits per heavy atom. The molecule has 2 aromatic carbocycles. The lowest BCUT2D eigenvalue weighted by Gasteiger charge is -2.28. The second-order valence-corrected chi connectivity index (χ2v) is 9.26. The molecule has 0 saturated heterocycles. The van der Waals surface area contributed by atoms with Crippen LogP contribution in [-0.4, -0.2) is 36.6 Å². The predicted octanol–water partition coefficient (Wildman–Crippen LogP) is 4.71. The molecule has 0 radical (unpaired) electrons. The van der Waals surface area contributed by atoms with E-state index in [1.54, 1.807) is 32.4 Å². The number of nitrogen functional groups attached to an aromatic ring is 1. The Bertz CT molecular complexity index is 1350. The number of pyridine rings is 1. The zero-order valence-corrected chi connectivity index (χ0v) is 19.9. The molecule has 2 aromatic heterocycles. The van der Waals surface area contributed by atoms with Crippen molar-refractivity contribution in [2.45, 2.75) is 19.5 Å². The minimum absolute atomic E-state index is 0.296. The van der Waals surface area contributed by atoms with Crippen LogP contribution in [0, 0.1) is 0 Å². The second kappa shape index (κ2) is 9.32. The number of amides is 1. The van der Waals surface area contributed by atoms with Crippen molar-refractivity contribution in [1.82, 2.24) is 9.88 Å². The van der Waals surface area contributed by atoms with E-state index in [0.29, 0.717) is 27.8 Å². The van der Waals surface area contributed by atoms with Crippen LogP contribution in [0.15, 0.2) is 54.6 Å². The molecule has 0 bridgehead atoms. The van der Waals surface area contributed by atoms with E-state index in [9.17, 15) is 4.79 Å². The molecular weight excluding hydrogens is 448 g/mol. The number of hydrogen-bond acceptors (Lipinski definition) is 7. The summed E-state index contributed by atoms with van der Waals surface area (Å²) in [6, 6.07) is 17.8. The Morgan fingerprint density at radius 3 is 2.74 bits per heavy atom. The lowest BCUT2D eigenvalue weighted by Crippen LogP contribution is -2.30. The molecule has 1 amide bonds. The second-order valence-electron chi connectivity index (χ2n) is 8.26. The highest BCUT2D eigenvalue weighted by Crippen LogP contribution is 2.37. The summed E-state index contributed by atoms with van der Waals surface area (Å²) in [6.45, 7) is 2.66. The van der Waals surface area contributed by atoms with Gasteiger partial charge in [0.05, 0.1) is 25.6 Å². The zero-order valence-electron chi connectivity index (χ0n) is 19.1. The van der Waals surface area contributed by atoms with Gasteiger partial charge in [0.1, 0.15) is 21.2 Å². The van der Waals surface area contributed by atoms with E-state index in [1.165, 1.54) is 22.5 Å². The number of thiophene rings is 1. The number of anilines is 2. The Balaban J connectivity index is 1.40. The van der Waals surface area contributed by atoms with Gasteiger partial charge < -0.3 is 20.5 Å². The lowest BCUT2D eigenvalue weighted by atomic mass is 10.0. The summed E-state index contributed by atoms with van der Waals surface area (Å²) in [6.07, 6.45) is 0.873. The Hall–Kier alpha value is -3.62. The van der Waals surface area contributed by atoms with E-state index in [-0.39, 0.29) is 5.91 Å². The molecule has 0 spiro atoms. The Morgan fingerprint density at radius 2 is 1.97 bits per heavy atom. The number of carbonyl (C=O) groups excluding carboxylic acids is 1. The van der Waals surface area contributed by atoms with Gasteiger partial charge in [0.2, 0.25) is 0 Å². The van der Waals surface area contributed by atoms with Crippen LogP contribution in [0.25, 0.3) is 10.2 Å². The molecule has 0 saturated carbocycles. The summed E-state index contributed by atoms with van der Waals surface area (Å²) in [5, 5.41) is 3.74. The van der Waals surface area contributed by atoms with E-state index in [2.05, 4.69) is 40.5 Å². The number of nitrogens with two attached hydrogens (primary N) is 1. The van der Waals surface area contributed by atoms with Gasteiger partial charge in [-0.05, 0) is 29.3 Å². The van der Waals surface area contributed by atoms with Crippen LogP contribution in [0.5, 0.6) is 11.5 Å². The fourth-order valence-electron chi connectivity index (χ4n) is 4.29. The lowest BCUT2D eigenvalue weighted by molar-refractivity contribution is 0.103. The minimum Gasteiger partial charge on any atom is -0.497 e. The van der Waals surface area contributed by atoms with Crippen LogP contribution < -0.4 is 20.5 Å². The number of nitrogens with zero attached hydrogens (tertiary/aromatic N) is 2. The maximum absolute atomic E-state index is 13.1. The van der Waals surface area contributed by atoms with Crippen molar-refractivity contribution in [2.24, 2.45) is 0 Å². The number of ether oxygens (including phenoxy) is 2. The summed E-state index contributed by atoms with van der Waals surface area (Å²) in [7, 11) is 3.13. The third-order valence-corrected chi connectivity index (χ3v) is 7.17. The number of methoxy groups -OCH3 is 2. The monoisotopic (exact) mass is 474 g/mol. The first kappa shape index (κ1) is 22.2. The van der Waals surface area contributed by atoms with Gasteiger partial charge in [0, 0.05) is 43.2 Å². The third-order valence-electron chi connectivity index (χ3n) is 6.06. The fourth-order valence-corrected chi connectivity index (χ4v) is 5.28. The molecule has 1 aliphatic rings. The highest BCUT2D eigenvalue weighted by atomic mass is 32.1. The summed E-state index contributed by atoms with van der Waals surface area (Å²) < 4.78 is 10.6. The quantitative estimate of drug-likeness (QED) is 0.421. The first-order valence-corrected chi connectivity index (χ1v) is 11.9. The molecule has 34 heavy (non-hydrogen) atoms. The smallest absolute Gasteiger partial charge is 0.268 e. The highest BCUT2D eigenvalue weighted by molar-refractivity contribution is 7.21. The van der Waals surface area contributed by atoms with Gasteiger partial charge in [0.15, 0.2) is 0 Å². The predicted molar refractivity (Wildman–Crippen MR) is 136 cm³/mol. The van der Waals surface area contributed by atoms with Gasteiger partial charge in [-0.1, -0.05) is 30.3 Å². The van der Waals surface area contributed by atoms with Gasteiger partial charge in [-0.3, -0.25) is 9.69 Å². The largest absolute Gasteiger partial charge is 0.497 e. The number of aromatic nitrogens is 1. The van der Waals surface area contributed by atoms with Gasteiger partial charge in [0.25, 0.3) is 5.91 Å². The van der Waals surface area contributed by atoms with Crippen LogP contribution in [0.1, 0.15) is 26.5 Å². The number of rotatable bonds is 6. The summed E-state index contributed by atoms with van der Waals surface area (Å²) >= 11 is 1.32. The highest BCUT2D eigenvalue weighted by Gasteiger charge is 2.23. The molecule has 3 N–H and O–H groups in total. The van der Waals surface area contributed by atoms with Crippen LogP contribution in [-0.2, 0) is 19.5 Å². The average molecular weight is 475 g/mol. The third kappa shape index (κ3) is 4.30. The molecule has 5 rings (SSSR count). The van der Waals surface area contributed by atoms with E-state index >= 15 is 0 Å². The van der Waals surface area contributed by atoms with Crippen LogP contribution in [0.2, 0.25) is 0 Å². The van der Waals surface area contributed by atoms with Crippen molar-refractivity contribution in [1.29, 1.82) is 0 Å². The average Bonchev–Trinajstić information content (AvgIpc) is 3.18. The first-order chi connectivity index (χ1) is 16.6. The Labute approximate surface area is 202 Å². The summed E-state index contributed by atoms with van der Waals surface area (Å²) in [5.74, 6) is 0.867. The van der Waals surface area contributed by atoms with Crippen LogP contribution in [0.4, 0.5) is 11.4 Å². The van der Waals surface area contributed by atoms with Crippen LogP contribution >= 0.6 is 11.3 Å². The Kier molecular flexibility index (Phi) is 6.08. The topological polar surface area (TPSA) is 89.7 Å². The number of carbonyl (C=O) groups is 1. The van der Waals surface area contributed by atoms with Gasteiger partial charge in [-0.2, -0.15) is 0 Å². The molecule has 0 atom stereocenters. The van der Waals surface area contributed by atoms with Crippen molar-refractivity contribution in [2.75, 3.05) is 31.8 Å². The van der Waals surface area contributed by atoms with Crippen molar-refractivity contribution in [3.63, 3.8) is 0 Å². The SMILES string of the molecule is COc1ccc(OC)c(NC(=O)c2sc3nc4c(cc3c2N)CN(Cc2ccccc2)CC4)c1. The number of nitrogens with one attached hydrogen (secondary N) is 1. The molecule has 8 heteroatoms. The fraction of sp³-hybridized carbons (Fsp3) is 0.231. The molecular formula is C26H26N4O3S. The normalized spacial score (nSPS) is 13.5. The molecule has 4 aromatic rings. The van der Waals surface area contributed by atoms with Gasteiger partial charge in [-0.15, -0.1) is 11.3 Å². The maximum Gasteiger partial charge on any atom is 0.268 e. The molecule has 0 aliphatic carbocycles. The summed E-state index contributed by atoms with van der Waals surface area (Å²) in [5.41, 5.74) is 11.0. The van der Waals surface area contributed by atoms with Gasteiger partial charge >= 0.3 is 0 Å². The van der Waals surface area contributed by atoms with E-state index < -0.39 is 0 Å². The molecule has 0 unspecified atom stereocenters. The van der Waals surface area contributed by atoms with E-state index in [1.807, 2.05) is 6.07 Å². The molecule has 3 heterocycles. The molecule has 1 aliphatic heterocycles.